The van der Waals surface area contributed by atoms with Crippen LogP contribution in [0.15, 0.2) is 17.0 Å². The molecule has 1 heterocycles. The van der Waals surface area contributed by atoms with E-state index in [0.717, 1.165) is 16.8 Å². The summed E-state index contributed by atoms with van der Waals surface area (Å²) in [6.45, 7) is 1.43. The predicted molar refractivity (Wildman–Crippen MR) is 86.1 cm³/mol. The SMILES string of the molecule is Cl.O=S(=O)(c1cc(F)c(F)cc1F)N1CCC(NCC2CC2)CC1. The van der Waals surface area contributed by atoms with Gasteiger partial charge in [0, 0.05) is 25.2 Å². The maximum Gasteiger partial charge on any atom is 0.246 e. The van der Waals surface area contributed by atoms with Crippen molar-refractivity contribution < 1.29 is 21.6 Å². The van der Waals surface area contributed by atoms with E-state index < -0.39 is 32.4 Å². The van der Waals surface area contributed by atoms with Crippen LogP contribution in [-0.4, -0.2) is 38.4 Å². The lowest BCUT2D eigenvalue weighted by Crippen LogP contribution is -2.45. The standard InChI is InChI=1S/C15H19F3N2O2S.ClH/c16-12-7-14(18)15(8-13(12)17)23(21,22)20-5-3-11(4-6-20)19-9-10-1-2-10;/h7-8,10-11,19H,1-6,9H2;1H. The number of nitrogens with one attached hydrogen (secondary N) is 1. The molecule has 0 radical (unpaired) electrons. The zero-order chi connectivity index (χ0) is 16.6. The fraction of sp³-hybridized carbons (Fsp3) is 0.600. The summed E-state index contributed by atoms with van der Waals surface area (Å²) in [4.78, 5) is -0.805. The van der Waals surface area contributed by atoms with Crippen molar-refractivity contribution in [1.29, 1.82) is 0 Å². The molecule has 9 heteroatoms. The molecule has 1 saturated heterocycles. The molecule has 136 valence electrons. The summed E-state index contributed by atoms with van der Waals surface area (Å²) < 4.78 is 66.0. The number of benzene rings is 1. The first kappa shape index (κ1) is 19.5. The molecule has 1 aromatic carbocycles. The minimum atomic E-state index is -4.15. The molecular weight excluding hydrogens is 365 g/mol. The minimum absolute atomic E-state index is 0. The molecule has 1 N–H and O–H groups in total. The van der Waals surface area contributed by atoms with Crippen molar-refractivity contribution in [2.45, 2.75) is 36.6 Å². The van der Waals surface area contributed by atoms with E-state index in [1.54, 1.807) is 0 Å². The molecule has 2 aliphatic rings. The lowest BCUT2D eigenvalue weighted by Gasteiger charge is -2.31. The van der Waals surface area contributed by atoms with Crippen molar-refractivity contribution in [3.63, 3.8) is 0 Å². The maximum absolute atomic E-state index is 13.7. The van der Waals surface area contributed by atoms with Gasteiger partial charge in [0.15, 0.2) is 11.6 Å². The van der Waals surface area contributed by atoms with Gasteiger partial charge in [-0.25, -0.2) is 21.6 Å². The molecule has 0 spiro atoms. The highest BCUT2D eigenvalue weighted by Gasteiger charge is 2.32. The van der Waals surface area contributed by atoms with Crippen LogP contribution in [0.2, 0.25) is 0 Å². The van der Waals surface area contributed by atoms with Gasteiger partial charge in [0.05, 0.1) is 0 Å². The maximum atomic E-state index is 13.7. The van der Waals surface area contributed by atoms with Gasteiger partial charge in [-0.05, 0) is 44.2 Å². The van der Waals surface area contributed by atoms with Crippen LogP contribution in [0.25, 0.3) is 0 Å². The fourth-order valence-electron chi connectivity index (χ4n) is 2.80. The third kappa shape index (κ3) is 4.22. The molecular formula is C15H20ClF3N2O2S. The van der Waals surface area contributed by atoms with Gasteiger partial charge in [-0.3, -0.25) is 0 Å². The first-order valence-corrected chi connectivity index (χ1v) is 9.20. The van der Waals surface area contributed by atoms with Crippen LogP contribution >= 0.6 is 12.4 Å². The minimum Gasteiger partial charge on any atom is -0.314 e. The first-order valence-electron chi connectivity index (χ1n) is 7.76. The van der Waals surface area contributed by atoms with E-state index in [9.17, 15) is 21.6 Å². The van der Waals surface area contributed by atoms with E-state index in [4.69, 9.17) is 0 Å². The number of hydrogen-bond donors (Lipinski definition) is 1. The Labute approximate surface area is 145 Å². The van der Waals surface area contributed by atoms with E-state index in [-0.39, 0.29) is 37.6 Å². The van der Waals surface area contributed by atoms with Crippen molar-refractivity contribution in [2.24, 2.45) is 5.92 Å². The number of piperidine rings is 1. The summed E-state index contributed by atoms with van der Waals surface area (Å²) in [6, 6.07) is 0.931. The Kier molecular flexibility index (Phi) is 6.17. The largest absolute Gasteiger partial charge is 0.314 e. The summed E-state index contributed by atoms with van der Waals surface area (Å²) in [5.41, 5.74) is 0. The molecule has 1 saturated carbocycles. The van der Waals surface area contributed by atoms with Gasteiger partial charge in [-0.15, -0.1) is 12.4 Å². The van der Waals surface area contributed by atoms with E-state index >= 15 is 0 Å². The van der Waals surface area contributed by atoms with Gasteiger partial charge in [0.1, 0.15) is 10.7 Å². The van der Waals surface area contributed by atoms with Crippen LogP contribution in [0.1, 0.15) is 25.7 Å². The number of sulfonamides is 1. The fourth-order valence-corrected chi connectivity index (χ4v) is 4.32. The molecule has 1 aliphatic carbocycles. The van der Waals surface area contributed by atoms with Crippen molar-refractivity contribution in [3.8, 4) is 0 Å². The van der Waals surface area contributed by atoms with Gasteiger partial charge < -0.3 is 5.32 Å². The van der Waals surface area contributed by atoms with E-state index in [1.807, 2.05) is 0 Å². The van der Waals surface area contributed by atoms with Crippen molar-refractivity contribution in [1.82, 2.24) is 9.62 Å². The summed E-state index contributed by atoms with van der Waals surface area (Å²) in [5, 5.41) is 3.42. The Morgan fingerprint density at radius 3 is 2.17 bits per heavy atom. The van der Waals surface area contributed by atoms with Gasteiger partial charge in [-0.2, -0.15) is 4.31 Å². The second-order valence-electron chi connectivity index (χ2n) is 6.23. The van der Waals surface area contributed by atoms with Crippen molar-refractivity contribution >= 4 is 22.4 Å². The molecule has 3 rings (SSSR count). The highest BCUT2D eigenvalue weighted by atomic mass is 35.5. The molecule has 24 heavy (non-hydrogen) atoms. The third-order valence-corrected chi connectivity index (χ3v) is 6.35. The summed E-state index contributed by atoms with van der Waals surface area (Å²) >= 11 is 0. The number of nitrogens with zero attached hydrogens (tertiary/aromatic N) is 1. The van der Waals surface area contributed by atoms with E-state index in [0.29, 0.717) is 18.9 Å². The average molecular weight is 385 g/mol. The molecule has 0 aromatic heterocycles. The summed E-state index contributed by atoms with van der Waals surface area (Å²) in [7, 11) is -4.15. The van der Waals surface area contributed by atoms with Crippen molar-refractivity contribution in [2.75, 3.05) is 19.6 Å². The normalized spacial score (nSPS) is 20.0. The monoisotopic (exact) mass is 384 g/mol. The highest BCUT2D eigenvalue weighted by Crippen LogP contribution is 2.29. The lowest BCUT2D eigenvalue weighted by atomic mass is 10.1. The van der Waals surface area contributed by atoms with Crippen LogP contribution in [0.4, 0.5) is 13.2 Å². The van der Waals surface area contributed by atoms with Crippen LogP contribution in [0, 0.1) is 23.4 Å². The summed E-state index contributed by atoms with van der Waals surface area (Å²) in [6.07, 6.45) is 3.74. The second kappa shape index (κ2) is 7.59. The molecule has 4 nitrogen and oxygen atoms in total. The zero-order valence-electron chi connectivity index (χ0n) is 13.0. The average Bonchev–Trinajstić information content (AvgIpc) is 3.33. The quantitative estimate of drug-likeness (QED) is 0.794. The molecule has 0 atom stereocenters. The van der Waals surface area contributed by atoms with Crippen LogP contribution in [0.5, 0.6) is 0 Å². The number of halogens is 4. The summed E-state index contributed by atoms with van der Waals surface area (Å²) in [5.74, 6) is -3.29. The predicted octanol–water partition coefficient (Wildman–Crippen LogP) is 2.68. The van der Waals surface area contributed by atoms with Gasteiger partial charge >= 0.3 is 0 Å². The molecule has 0 bridgehead atoms. The van der Waals surface area contributed by atoms with Gasteiger partial charge in [0.25, 0.3) is 0 Å². The van der Waals surface area contributed by atoms with Crippen molar-refractivity contribution in [3.05, 3.63) is 29.6 Å². The van der Waals surface area contributed by atoms with Gasteiger partial charge in [-0.1, -0.05) is 0 Å². The number of rotatable bonds is 5. The van der Waals surface area contributed by atoms with Crippen LogP contribution in [-0.2, 0) is 10.0 Å². The molecule has 1 aromatic rings. The Hall–Kier alpha value is -0.830. The molecule has 0 unspecified atom stereocenters. The molecule has 1 aliphatic heterocycles. The Morgan fingerprint density at radius 1 is 1.00 bits per heavy atom. The van der Waals surface area contributed by atoms with Gasteiger partial charge in [0.2, 0.25) is 10.0 Å². The smallest absolute Gasteiger partial charge is 0.246 e. The Bertz CT molecular complexity index is 690. The van der Waals surface area contributed by atoms with E-state index in [2.05, 4.69) is 5.32 Å². The third-order valence-electron chi connectivity index (χ3n) is 4.44. The zero-order valence-corrected chi connectivity index (χ0v) is 14.6. The van der Waals surface area contributed by atoms with Crippen LogP contribution in [0.3, 0.4) is 0 Å². The Morgan fingerprint density at radius 2 is 1.58 bits per heavy atom. The first-order chi connectivity index (χ1) is 10.9. The highest BCUT2D eigenvalue weighted by molar-refractivity contribution is 7.89. The van der Waals surface area contributed by atoms with E-state index in [1.165, 1.54) is 12.8 Å². The lowest BCUT2D eigenvalue weighted by molar-refractivity contribution is 0.287. The number of hydrogen-bond acceptors (Lipinski definition) is 3. The Balaban J connectivity index is 0.00000208. The molecule has 2 fully saturated rings. The van der Waals surface area contributed by atoms with Crippen LogP contribution < -0.4 is 5.32 Å². The second-order valence-corrected chi connectivity index (χ2v) is 8.13. The molecule has 0 amide bonds. The topological polar surface area (TPSA) is 49.4 Å².